The van der Waals surface area contributed by atoms with E-state index in [1.165, 1.54) is 19.2 Å². The minimum Gasteiger partial charge on any atom is -0.258 e. The lowest BCUT2D eigenvalue weighted by Gasteiger charge is -1.94. The molecule has 4 nitrogen and oxygen atoms in total. The molecule has 1 rings (SSSR count). The number of rotatable bonds is 1. The van der Waals surface area contributed by atoms with Gasteiger partial charge in [0.1, 0.15) is 0 Å². The maximum absolute atomic E-state index is 12.5. The highest BCUT2D eigenvalue weighted by molar-refractivity contribution is 5.36. The molecule has 1 aromatic heterocycles. The minimum absolute atomic E-state index is 0.280. The first-order chi connectivity index (χ1) is 5.13. The predicted octanol–water partition coefficient (Wildman–Crippen LogP) is 1.44. The van der Waals surface area contributed by atoms with E-state index in [1.54, 1.807) is 0 Å². The molecule has 1 aromatic rings. The fourth-order valence-corrected chi connectivity index (χ4v) is 0.737. The van der Waals surface area contributed by atoms with Crippen LogP contribution in [-0.4, -0.2) is 9.91 Å². The van der Waals surface area contributed by atoms with Gasteiger partial charge < -0.3 is 0 Å². The number of halogens is 1. The third-order valence-corrected chi connectivity index (χ3v) is 1.26. The largest absolute Gasteiger partial charge is 0.326 e. The molecule has 5 heteroatoms. The van der Waals surface area contributed by atoms with Gasteiger partial charge in [0.05, 0.1) is 4.92 Å². The van der Waals surface area contributed by atoms with Crippen molar-refractivity contribution in [1.82, 2.24) is 4.98 Å². The predicted molar refractivity (Wildman–Crippen MR) is 35.6 cm³/mol. The van der Waals surface area contributed by atoms with Gasteiger partial charge in [-0.1, -0.05) is 0 Å². The molecule has 0 saturated carbocycles. The van der Waals surface area contributed by atoms with Crippen LogP contribution in [0.1, 0.15) is 5.56 Å². The van der Waals surface area contributed by atoms with E-state index in [0.717, 1.165) is 0 Å². The summed E-state index contributed by atoms with van der Waals surface area (Å²) < 4.78 is 12.5. The minimum atomic E-state index is -1.03. The maximum Gasteiger partial charge on any atom is 0.326 e. The van der Waals surface area contributed by atoms with Gasteiger partial charge in [-0.3, -0.25) is 10.1 Å². The Labute approximate surface area is 61.8 Å². The molecule has 58 valence electrons. The summed E-state index contributed by atoms with van der Waals surface area (Å²) in [6.45, 7) is 1.46. The average molecular weight is 156 g/mol. The lowest BCUT2D eigenvalue weighted by molar-refractivity contribution is -0.388. The van der Waals surface area contributed by atoms with Crippen LogP contribution in [0.3, 0.4) is 0 Å². The van der Waals surface area contributed by atoms with Gasteiger partial charge in [0.15, 0.2) is 0 Å². The second kappa shape index (κ2) is 2.61. The number of nitrogens with zero attached hydrogens (tertiary/aromatic N) is 2. The van der Waals surface area contributed by atoms with Crippen molar-refractivity contribution in [1.29, 1.82) is 0 Å². The Hall–Kier alpha value is -1.52. The van der Waals surface area contributed by atoms with E-state index in [2.05, 4.69) is 4.98 Å². The van der Waals surface area contributed by atoms with Gasteiger partial charge in [-0.2, -0.15) is 4.39 Å². The van der Waals surface area contributed by atoms with Gasteiger partial charge in [0, 0.05) is 11.8 Å². The molecule has 0 aromatic carbocycles. The number of aryl methyl sites for hydroxylation is 1. The summed E-state index contributed by atoms with van der Waals surface area (Å²) in [5.74, 6) is -1.03. The first-order valence-electron chi connectivity index (χ1n) is 2.88. The Kier molecular flexibility index (Phi) is 1.80. The summed E-state index contributed by atoms with van der Waals surface area (Å²) in [5.41, 5.74) is -0.269. The highest BCUT2D eigenvalue weighted by atomic mass is 19.1. The van der Waals surface area contributed by atoms with E-state index in [0.29, 0.717) is 0 Å². The maximum atomic E-state index is 12.5. The van der Waals surface area contributed by atoms with Gasteiger partial charge in [-0.15, -0.1) is 0 Å². The lowest BCUT2D eigenvalue weighted by atomic mass is 10.2. The van der Waals surface area contributed by atoms with Crippen LogP contribution < -0.4 is 0 Å². The Bertz CT molecular complexity index is 280. The van der Waals surface area contributed by atoms with E-state index in [9.17, 15) is 14.5 Å². The Morgan fingerprint density at radius 2 is 2.36 bits per heavy atom. The van der Waals surface area contributed by atoms with E-state index >= 15 is 0 Å². The molecular formula is C6H5FN2O2. The zero-order valence-electron chi connectivity index (χ0n) is 5.74. The zero-order chi connectivity index (χ0) is 8.43. The summed E-state index contributed by atoms with van der Waals surface area (Å²) >= 11 is 0. The first-order valence-corrected chi connectivity index (χ1v) is 2.88. The zero-order valence-corrected chi connectivity index (χ0v) is 5.74. The van der Waals surface area contributed by atoms with Crippen LogP contribution in [0.5, 0.6) is 0 Å². The van der Waals surface area contributed by atoms with E-state index in [4.69, 9.17) is 0 Å². The molecule has 0 aliphatic heterocycles. The second-order valence-corrected chi connectivity index (χ2v) is 2.02. The van der Waals surface area contributed by atoms with Crippen molar-refractivity contribution in [3.8, 4) is 0 Å². The van der Waals surface area contributed by atoms with Crippen molar-refractivity contribution in [2.75, 3.05) is 0 Å². The summed E-state index contributed by atoms with van der Waals surface area (Å²) in [4.78, 5) is 12.5. The SMILES string of the molecule is Cc1ccnc(F)c1[N+](=O)[O-]. The highest BCUT2D eigenvalue weighted by Crippen LogP contribution is 2.18. The Morgan fingerprint density at radius 3 is 2.73 bits per heavy atom. The molecule has 0 spiro atoms. The molecule has 0 aliphatic rings. The van der Waals surface area contributed by atoms with Crippen LogP contribution in [-0.2, 0) is 0 Å². The third-order valence-electron chi connectivity index (χ3n) is 1.26. The van der Waals surface area contributed by atoms with Crippen molar-refractivity contribution in [2.45, 2.75) is 6.92 Å². The summed E-state index contributed by atoms with van der Waals surface area (Å²) in [5, 5.41) is 10.2. The standard InChI is InChI=1S/C6H5FN2O2/c1-4-2-3-8-6(7)5(4)9(10)11/h2-3H,1H3. The van der Waals surface area contributed by atoms with Crippen LogP contribution in [0.25, 0.3) is 0 Å². The third kappa shape index (κ3) is 1.31. The van der Waals surface area contributed by atoms with E-state index in [1.807, 2.05) is 0 Å². The average Bonchev–Trinajstić information content (AvgIpc) is 1.85. The fourth-order valence-electron chi connectivity index (χ4n) is 0.737. The molecule has 0 N–H and O–H groups in total. The summed E-state index contributed by atoms with van der Waals surface area (Å²) in [6.07, 6.45) is 1.19. The summed E-state index contributed by atoms with van der Waals surface area (Å²) in [7, 11) is 0. The Morgan fingerprint density at radius 1 is 1.73 bits per heavy atom. The van der Waals surface area contributed by atoms with Crippen molar-refractivity contribution < 1.29 is 9.31 Å². The van der Waals surface area contributed by atoms with Crippen molar-refractivity contribution >= 4 is 5.69 Å². The van der Waals surface area contributed by atoms with Gasteiger partial charge in [-0.25, -0.2) is 4.98 Å². The van der Waals surface area contributed by atoms with Crippen molar-refractivity contribution in [3.05, 3.63) is 33.9 Å². The van der Waals surface area contributed by atoms with Crippen LogP contribution in [0.2, 0.25) is 0 Å². The molecule has 0 fully saturated rings. The number of nitro groups is 1. The molecule has 0 radical (unpaired) electrons. The van der Waals surface area contributed by atoms with E-state index in [-0.39, 0.29) is 5.56 Å². The van der Waals surface area contributed by atoms with Crippen molar-refractivity contribution in [2.24, 2.45) is 0 Å². The molecule has 0 aliphatic carbocycles. The quantitative estimate of drug-likeness (QED) is 0.351. The molecule has 1 heterocycles. The summed E-state index contributed by atoms with van der Waals surface area (Å²) in [6, 6.07) is 1.39. The molecular weight excluding hydrogens is 151 g/mol. The molecule has 0 bridgehead atoms. The van der Waals surface area contributed by atoms with Crippen LogP contribution in [0.4, 0.5) is 10.1 Å². The van der Waals surface area contributed by atoms with Crippen LogP contribution in [0.15, 0.2) is 12.3 Å². The number of hydrogen-bond acceptors (Lipinski definition) is 3. The van der Waals surface area contributed by atoms with Crippen LogP contribution in [0, 0.1) is 23.0 Å². The first kappa shape index (κ1) is 7.59. The molecule has 11 heavy (non-hydrogen) atoms. The second-order valence-electron chi connectivity index (χ2n) is 2.02. The Balaban J connectivity index is 3.32. The number of aromatic nitrogens is 1. The molecule has 0 unspecified atom stereocenters. The lowest BCUT2D eigenvalue weighted by Crippen LogP contribution is -1.97. The van der Waals surface area contributed by atoms with Gasteiger partial charge >= 0.3 is 5.69 Å². The number of hydrogen-bond donors (Lipinski definition) is 0. The van der Waals surface area contributed by atoms with Gasteiger partial charge in [0.25, 0.3) is 5.95 Å². The van der Waals surface area contributed by atoms with Gasteiger partial charge in [0.2, 0.25) is 0 Å². The van der Waals surface area contributed by atoms with Crippen LogP contribution >= 0.6 is 0 Å². The molecule has 0 atom stereocenters. The van der Waals surface area contributed by atoms with Gasteiger partial charge in [-0.05, 0) is 13.0 Å². The monoisotopic (exact) mass is 156 g/mol. The smallest absolute Gasteiger partial charge is 0.258 e. The molecule has 0 amide bonds. The topological polar surface area (TPSA) is 56.0 Å². The number of pyridine rings is 1. The normalized spacial score (nSPS) is 9.64. The highest BCUT2D eigenvalue weighted by Gasteiger charge is 2.17. The molecule has 0 saturated heterocycles. The fraction of sp³-hybridized carbons (Fsp3) is 0.167. The van der Waals surface area contributed by atoms with Crippen molar-refractivity contribution in [3.63, 3.8) is 0 Å². The van der Waals surface area contributed by atoms with E-state index < -0.39 is 16.6 Å².